The molecule has 0 fully saturated rings. The number of carbonyl (C=O) groups is 1. The van der Waals surface area contributed by atoms with Crippen LogP contribution in [-0.2, 0) is 21.4 Å². The van der Waals surface area contributed by atoms with Crippen LogP contribution in [0.4, 0.5) is 5.69 Å². The zero-order valence-electron chi connectivity index (χ0n) is 19.2. The largest absolute Gasteiger partial charge is 0.497 e. The van der Waals surface area contributed by atoms with Crippen LogP contribution in [0.1, 0.15) is 16.7 Å². The zero-order chi connectivity index (χ0) is 24.0. The molecule has 33 heavy (non-hydrogen) atoms. The molecule has 3 rings (SSSR count). The number of amides is 1. The van der Waals surface area contributed by atoms with Crippen LogP contribution in [0.2, 0.25) is 0 Å². The molecule has 0 aromatic heterocycles. The number of nitrogens with zero attached hydrogens (tertiary/aromatic N) is 1. The summed E-state index contributed by atoms with van der Waals surface area (Å²) in [6.45, 7) is 3.74. The van der Waals surface area contributed by atoms with E-state index in [0.29, 0.717) is 5.75 Å². The first-order valence-electron chi connectivity index (χ1n) is 10.4. The molecule has 3 aromatic carbocycles. The van der Waals surface area contributed by atoms with E-state index in [1.165, 1.54) is 26.4 Å². The molecule has 1 N–H and O–H groups in total. The van der Waals surface area contributed by atoms with Crippen LogP contribution in [0.3, 0.4) is 0 Å². The lowest BCUT2D eigenvalue weighted by Gasteiger charge is -2.26. The topological polar surface area (TPSA) is 84.9 Å². The van der Waals surface area contributed by atoms with E-state index in [9.17, 15) is 13.2 Å². The molecule has 0 unspecified atom stereocenters. The summed E-state index contributed by atoms with van der Waals surface area (Å²) in [6.07, 6.45) is 0. The molecular formula is C25H28N2O5S. The summed E-state index contributed by atoms with van der Waals surface area (Å²) in [5, 5.41) is 2.80. The van der Waals surface area contributed by atoms with Gasteiger partial charge in [0, 0.05) is 12.6 Å². The second-order valence-electron chi connectivity index (χ2n) is 7.62. The van der Waals surface area contributed by atoms with Gasteiger partial charge >= 0.3 is 0 Å². The van der Waals surface area contributed by atoms with E-state index in [4.69, 9.17) is 9.47 Å². The molecule has 0 radical (unpaired) electrons. The third kappa shape index (κ3) is 5.84. The van der Waals surface area contributed by atoms with Crippen molar-refractivity contribution in [3.05, 3.63) is 83.4 Å². The van der Waals surface area contributed by atoms with E-state index < -0.39 is 22.5 Å². The first kappa shape index (κ1) is 24.1. The number of nitrogens with one attached hydrogen (secondary N) is 1. The maximum Gasteiger partial charge on any atom is 0.264 e. The van der Waals surface area contributed by atoms with Gasteiger partial charge in [0.15, 0.2) is 0 Å². The van der Waals surface area contributed by atoms with Gasteiger partial charge in [0.25, 0.3) is 10.0 Å². The second-order valence-corrected chi connectivity index (χ2v) is 9.49. The Morgan fingerprint density at radius 2 is 1.48 bits per heavy atom. The molecule has 174 valence electrons. The molecule has 0 aliphatic carbocycles. The maximum absolute atomic E-state index is 13.6. The highest BCUT2D eigenvalue weighted by molar-refractivity contribution is 7.92. The van der Waals surface area contributed by atoms with Gasteiger partial charge in [0.2, 0.25) is 5.91 Å². The van der Waals surface area contributed by atoms with Crippen molar-refractivity contribution >= 4 is 21.6 Å². The number of carbonyl (C=O) groups excluding carboxylic acids is 1. The molecule has 8 heteroatoms. The molecule has 0 aliphatic heterocycles. The Kier molecular flexibility index (Phi) is 7.60. The van der Waals surface area contributed by atoms with Crippen molar-refractivity contribution in [2.24, 2.45) is 0 Å². The summed E-state index contributed by atoms with van der Waals surface area (Å²) in [6, 6.07) is 19.0. The van der Waals surface area contributed by atoms with Gasteiger partial charge in [-0.1, -0.05) is 47.5 Å². The molecule has 0 aliphatic rings. The number of aryl methyl sites for hydroxylation is 2. The maximum atomic E-state index is 13.6. The third-order valence-corrected chi connectivity index (χ3v) is 6.94. The fraction of sp³-hybridized carbons (Fsp3) is 0.240. The van der Waals surface area contributed by atoms with Crippen molar-refractivity contribution in [2.45, 2.75) is 25.3 Å². The first-order chi connectivity index (χ1) is 15.7. The Balaban J connectivity index is 1.94. The highest BCUT2D eigenvalue weighted by Gasteiger charge is 2.29. The molecule has 1 amide bonds. The summed E-state index contributed by atoms with van der Waals surface area (Å²) >= 11 is 0. The smallest absolute Gasteiger partial charge is 0.264 e. The SMILES string of the molecule is COc1ccc(N(CC(=O)NCc2ccc(C)cc2)S(=O)(=O)c2ccc(C)cc2)c(OC)c1. The molecule has 0 bridgehead atoms. The molecule has 0 spiro atoms. The first-order valence-corrected chi connectivity index (χ1v) is 11.8. The molecule has 7 nitrogen and oxygen atoms in total. The summed E-state index contributed by atoms with van der Waals surface area (Å²) in [7, 11) is -1.11. The number of hydrogen-bond donors (Lipinski definition) is 1. The van der Waals surface area contributed by atoms with E-state index in [-0.39, 0.29) is 22.9 Å². The Hall–Kier alpha value is -3.52. The Morgan fingerprint density at radius 3 is 2.06 bits per heavy atom. The number of sulfonamides is 1. The van der Waals surface area contributed by atoms with Crippen LogP contribution < -0.4 is 19.1 Å². The van der Waals surface area contributed by atoms with Gasteiger partial charge in [-0.05, 0) is 43.7 Å². The Morgan fingerprint density at radius 1 is 0.879 bits per heavy atom. The van der Waals surface area contributed by atoms with Crippen LogP contribution >= 0.6 is 0 Å². The minimum Gasteiger partial charge on any atom is -0.497 e. The fourth-order valence-electron chi connectivity index (χ4n) is 3.22. The van der Waals surface area contributed by atoms with Crippen LogP contribution in [0.15, 0.2) is 71.6 Å². The van der Waals surface area contributed by atoms with Crippen LogP contribution in [0.25, 0.3) is 0 Å². The zero-order valence-corrected chi connectivity index (χ0v) is 20.0. The summed E-state index contributed by atoms with van der Waals surface area (Å²) in [5.74, 6) is 0.340. The van der Waals surface area contributed by atoms with Gasteiger partial charge in [-0.2, -0.15) is 0 Å². The number of benzene rings is 3. The van der Waals surface area contributed by atoms with Gasteiger partial charge in [-0.3, -0.25) is 9.10 Å². The lowest BCUT2D eigenvalue weighted by Crippen LogP contribution is -2.40. The second kappa shape index (κ2) is 10.4. The number of methoxy groups -OCH3 is 2. The molecule has 0 saturated heterocycles. The Bertz CT molecular complexity index is 1210. The predicted molar refractivity (Wildman–Crippen MR) is 128 cm³/mol. The lowest BCUT2D eigenvalue weighted by atomic mass is 10.1. The minimum atomic E-state index is -4.05. The van der Waals surface area contributed by atoms with Crippen molar-refractivity contribution in [3.8, 4) is 11.5 Å². The summed E-state index contributed by atoms with van der Waals surface area (Å²) in [5.41, 5.74) is 3.21. The van der Waals surface area contributed by atoms with E-state index in [1.54, 1.807) is 30.3 Å². The highest BCUT2D eigenvalue weighted by atomic mass is 32.2. The monoisotopic (exact) mass is 468 g/mol. The Labute approximate surface area is 195 Å². The summed E-state index contributed by atoms with van der Waals surface area (Å²) < 4.78 is 38.8. The van der Waals surface area contributed by atoms with Crippen molar-refractivity contribution in [3.63, 3.8) is 0 Å². The lowest BCUT2D eigenvalue weighted by molar-refractivity contribution is -0.119. The van der Waals surface area contributed by atoms with Gasteiger partial charge in [-0.15, -0.1) is 0 Å². The van der Waals surface area contributed by atoms with E-state index in [0.717, 1.165) is 21.0 Å². The van der Waals surface area contributed by atoms with E-state index >= 15 is 0 Å². The summed E-state index contributed by atoms with van der Waals surface area (Å²) in [4.78, 5) is 12.9. The van der Waals surface area contributed by atoms with Gasteiger partial charge < -0.3 is 14.8 Å². The number of ether oxygens (including phenoxy) is 2. The van der Waals surface area contributed by atoms with Crippen LogP contribution in [0, 0.1) is 13.8 Å². The van der Waals surface area contributed by atoms with Crippen molar-refractivity contribution in [1.29, 1.82) is 0 Å². The molecule has 0 atom stereocenters. The van der Waals surface area contributed by atoms with Gasteiger partial charge in [-0.25, -0.2) is 8.42 Å². The standard InChI is InChI=1S/C25H28N2O5S/c1-18-5-9-20(10-6-18)16-26-25(28)17-27(23-14-11-21(31-3)15-24(23)32-4)33(29,30)22-12-7-19(2)8-13-22/h5-15H,16-17H2,1-4H3,(H,26,28). The molecular weight excluding hydrogens is 440 g/mol. The van der Waals surface area contributed by atoms with Crippen molar-refractivity contribution in [2.75, 3.05) is 25.1 Å². The number of anilines is 1. The molecule has 0 heterocycles. The van der Waals surface area contributed by atoms with Crippen molar-refractivity contribution in [1.82, 2.24) is 5.32 Å². The molecule has 3 aromatic rings. The van der Waals surface area contributed by atoms with Crippen molar-refractivity contribution < 1.29 is 22.7 Å². The highest BCUT2D eigenvalue weighted by Crippen LogP contribution is 2.35. The van der Waals surface area contributed by atoms with E-state index in [1.807, 2.05) is 38.1 Å². The predicted octanol–water partition coefficient (Wildman–Crippen LogP) is 3.83. The van der Waals surface area contributed by atoms with E-state index in [2.05, 4.69) is 5.32 Å². The number of rotatable bonds is 9. The molecule has 0 saturated carbocycles. The fourth-order valence-corrected chi connectivity index (χ4v) is 4.65. The average molecular weight is 469 g/mol. The van der Waals surface area contributed by atoms with Gasteiger partial charge in [0.1, 0.15) is 18.0 Å². The van der Waals surface area contributed by atoms with Crippen LogP contribution in [0.5, 0.6) is 11.5 Å². The van der Waals surface area contributed by atoms with Crippen LogP contribution in [-0.4, -0.2) is 35.1 Å². The normalized spacial score (nSPS) is 11.0. The average Bonchev–Trinajstić information content (AvgIpc) is 2.82. The number of hydrogen-bond acceptors (Lipinski definition) is 5. The quantitative estimate of drug-likeness (QED) is 0.516. The van der Waals surface area contributed by atoms with Gasteiger partial charge in [0.05, 0.1) is 24.8 Å². The third-order valence-electron chi connectivity index (χ3n) is 5.16. The minimum absolute atomic E-state index is 0.0808.